The summed E-state index contributed by atoms with van der Waals surface area (Å²) < 4.78 is 4.65. The number of aryl methyl sites for hydroxylation is 1. The number of hydrogen-bond donors (Lipinski definition) is 1. The minimum Gasteiger partial charge on any atom is -0.465 e. The van der Waals surface area contributed by atoms with E-state index < -0.39 is 29.7 Å². The number of nitrogens with zero attached hydrogens (tertiary/aromatic N) is 2. The van der Waals surface area contributed by atoms with Gasteiger partial charge in [0, 0.05) is 6.21 Å². The highest BCUT2D eigenvalue weighted by Crippen LogP contribution is 2.21. The van der Waals surface area contributed by atoms with Gasteiger partial charge < -0.3 is 4.74 Å². The van der Waals surface area contributed by atoms with Crippen LogP contribution < -0.4 is 10.2 Å². The van der Waals surface area contributed by atoms with Crippen molar-refractivity contribution in [1.82, 2.24) is 5.32 Å². The van der Waals surface area contributed by atoms with Crippen molar-refractivity contribution >= 4 is 41.4 Å². The normalized spacial score (nSPS) is 17.0. The van der Waals surface area contributed by atoms with Gasteiger partial charge in [-0.1, -0.05) is 23.8 Å². The summed E-state index contributed by atoms with van der Waals surface area (Å²) in [4.78, 5) is 53.7. The monoisotopic (exact) mass is 379 g/mol. The molecule has 3 rings (SSSR count). The van der Waals surface area contributed by atoms with Crippen LogP contribution in [0.2, 0.25) is 0 Å². The molecule has 0 unspecified atom stereocenters. The zero-order valence-corrected chi connectivity index (χ0v) is 15.2. The molecule has 28 heavy (non-hydrogen) atoms. The number of esters is 1. The first kappa shape index (κ1) is 19.0. The Morgan fingerprint density at radius 2 is 1.86 bits per heavy atom. The SMILES string of the molecule is COC(=O)c1cccc(N=C[C@H]2C(=O)NC(=O)N(c3ccc(C)cc3)C2=O)c1. The lowest BCUT2D eigenvalue weighted by atomic mass is 10.1. The van der Waals surface area contributed by atoms with E-state index in [0.717, 1.165) is 16.7 Å². The standard InChI is InChI=1S/C20H17N3O5/c1-12-6-8-15(9-7-12)23-18(25)16(17(24)22-20(23)27)11-21-14-5-3-4-13(10-14)19(26)28-2/h3-11,16H,1-2H3,(H,22,24,27)/t16-/m0/s1. The molecule has 142 valence electrons. The van der Waals surface area contributed by atoms with Crippen molar-refractivity contribution in [3.63, 3.8) is 0 Å². The van der Waals surface area contributed by atoms with Gasteiger partial charge in [0.25, 0.3) is 5.91 Å². The van der Waals surface area contributed by atoms with Crippen LogP contribution in [0.5, 0.6) is 0 Å². The van der Waals surface area contributed by atoms with E-state index in [1.54, 1.807) is 42.5 Å². The summed E-state index contributed by atoms with van der Waals surface area (Å²) in [5.74, 6) is -3.27. The largest absolute Gasteiger partial charge is 0.465 e. The van der Waals surface area contributed by atoms with Gasteiger partial charge in [0.15, 0.2) is 5.92 Å². The summed E-state index contributed by atoms with van der Waals surface area (Å²) in [5, 5.41) is 2.16. The van der Waals surface area contributed by atoms with Gasteiger partial charge >= 0.3 is 12.0 Å². The lowest BCUT2D eigenvalue weighted by molar-refractivity contribution is -0.131. The second-order valence-electron chi connectivity index (χ2n) is 6.10. The second-order valence-corrected chi connectivity index (χ2v) is 6.10. The van der Waals surface area contributed by atoms with Crippen molar-refractivity contribution in [3.05, 3.63) is 59.7 Å². The van der Waals surface area contributed by atoms with Gasteiger partial charge in [0.1, 0.15) is 0 Å². The quantitative estimate of drug-likeness (QED) is 0.499. The van der Waals surface area contributed by atoms with Crippen molar-refractivity contribution in [2.24, 2.45) is 10.9 Å². The third-order valence-corrected chi connectivity index (χ3v) is 4.13. The van der Waals surface area contributed by atoms with Gasteiger partial charge in [-0.2, -0.15) is 0 Å². The Bertz CT molecular complexity index is 982. The van der Waals surface area contributed by atoms with Gasteiger partial charge in [0.2, 0.25) is 5.91 Å². The van der Waals surface area contributed by atoms with E-state index in [2.05, 4.69) is 15.0 Å². The van der Waals surface area contributed by atoms with Crippen molar-refractivity contribution < 1.29 is 23.9 Å². The highest BCUT2D eigenvalue weighted by molar-refractivity contribution is 6.32. The summed E-state index contributed by atoms with van der Waals surface area (Å²) >= 11 is 0. The average Bonchev–Trinajstić information content (AvgIpc) is 2.68. The molecular weight excluding hydrogens is 362 g/mol. The number of methoxy groups -OCH3 is 1. The van der Waals surface area contributed by atoms with Crippen LogP contribution in [0.1, 0.15) is 15.9 Å². The van der Waals surface area contributed by atoms with E-state index in [1.807, 2.05) is 6.92 Å². The Balaban J connectivity index is 1.86. The summed E-state index contributed by atoms with van der Waals surface area (Å²) in [7, 11) is 1.26. The topological polar surface area (TPSA) is 105 Å². The van der Waals surface area contributed by atoms with Crippen molar-refractivity contribution in [1.29, 1.82) is 0 Å². The number of carbonyl (C=O) groups is 4. The fourth-order valence-corrected chi connectivity index (χ4v) is 2.65. The van der Waals surface area contributed by atoms with E-state index in [0.29, 0.717) is 11.4 Å². The molecule has 1 fully saturated rings. The molecule has 1 atom stereocenters. The summed E-state index contributed by atoms with van der Waals surface area (Å²) in [6.07, 6.45) is 1.15. The molecule has 2 aromatic rings. The predicted octanol–water partition coefficient (Wildman–Crippen LogP) is 2.38. The number of anilines is 1. The molecule has 2 aromatic carbocycles. The maximum Gasteiger partial charge on any atom is 0.337 e. The number of imide groups is 2. The molecule has 1 aliphatic rings. The molecule has 0 spiro atoms. The number of amides is 4. The van der Waals surface area contributed by atoms with Gasteiger partial charge in [-0.3, -0.25) is 19.9 Å². The molecule has 1 aliphatic heterocycles. The molecule has 0 aromatic heterocycles. The third kappa shape index (κ3) is 3.80. The molecule has 0 saturated carbocycles. The number of carbonyl (C=O) groups excluding carboxylic acids is 4. The van der Waals surface area contributed by atoms with Crippen LogP contribution in [-0.2, 0) is 14.3 Å². The number of urea groups is 1. The predicted molar refractivity (Wildman–Crippen MR) is 102 cm³/mol. The van der Waals surface area contributed by atoms with Crippen LogP contribution in [0.25, 0.3) is 0 Å². The van der Waals surface area contributed by atoms with Crippen LogP contribution in [0.3, 0.4) is 0 Å². The number of nitrogens with one attached hydrogen (secondary N) is 1. The second kappa shape index (κ2) is 7.83. The Hall–Kier alpha value is -3.81. The summed E-state index contributed by atoms with van der Waals surface area (Å²) in [6, 6.07) is 12.2. The molecule has 8 heteroatoms. The summed E-state index contributed by atoms with van der Waals surface area (Å²) in [5.41, 5.74) is 1.97. The van der Waals surface area contributed by atoms with Crippen LogP contribution >= 0.6 is 0 Å². The van der Waals surface area contributed by atoms with Gasteiger partial charge in [0.05, 0.1) is 24.0 Å². The zero-order valence-electron chi connectivity index (χ0n) is 15.2. The van der Waals surface area contributed by atoms with Gasteiger partial charge in [-0.25, -0.2) is 14.5 Å². The molecule has 4 amide bonds. The fourth-order valence-electron chi connectivity index (χ4n) is 2.65. The number of aliphatic imine (C=N–C) groups is 1. The molecule has 0 bridgehead atoms. The third-order valence-electron chi connectivity index (χ3n) is 4.13. The van der Waals surface area contributed by atoms with Gasteiger partial charge in [-0.05, 0) is 37.3 Å². The van der Waals surface area contributed by atoms with E-state index in [-0.39, 0.29) is 5.56 Å². The highest BCUT2D eigenvalue weighted by atomic mass is 16.5. The fraction of sp³-hybridized carbons (Fsp3) is 0.150. The van der Waals surface area contributed by atoms with Crippen LogP contribution in [-0.4, -0.2) is 37.1 Å². The molecule has 1 saturated heterocycles. The number of rotatable bonds is 4. The maximum atomic E-state index is 12.8. The number of ether oxygens (including phenoxy) is 1. The number of barbiturate groups is 1. The molecule has 1 N–H and O–H groups in total. The summed E-state index contributed by atoms with van der Waals surface area (Å²) in [6.45, 7) is 1.88. The minimum absolute atomic E-state index is 0.285. The molecule has 0 aliphatic carbocycles. The maximum absolute atomic E-state index is 12.8. The van der Waals surface area contributed by atoms with Crippen molar-refractivity contribution in [2.45, 2.75) is 6.92 Å². The number of benzene rings is 2. The van der Waals surface area contributed by atoms with Crippen LogP contribution in [0, 0.1) is 12.8 Å². The van der Waals surface area contributed by atoms with Crippen molar-refractivity contribution in [3.8, 4) is 0 Å². The Morgan fingerprint density at radius 1 is 1.14 bits per heavy atom. The molecule has 0 radical (unpaired) electrons. The Morgan fingerprint density at radius 3 is 2.54 bits per heavy atom. The first-order valence-electron chi connectivity index (χ1n) is 8.38. The van der Waals surface area contributed by atoms with Crippen molar-refractivity contribution in [2.75, 3.05) is 12.0 Å². The molecule has 1 heterocycles. The lowest BCUT2D eigenvalue weighted by Gasteiger charge is -2.28. The van der Waals surface area contributed by atoms with Crippen LogP contribution in [0.4, 0.5) is 16.2 Å². The van der Waals surface area contributed by atoms with E-state index in [9.17, 15) is 19.2 Å². The zero-order chi connectivity index (χ0) is 20.3. The average molecular weight is 379 g/mol. The smallest absolute Gasteiger partial charge is 0.337 e. The van der Waals surface area contributed by atoms with Crippen LogP contribution in [0.15, 0.2) is 53.5 Å². The lowest BCUT2D eigenvalue weighted by Crippen LogP contribution is -2.58. The van der Waals surface area contributed by atoms with E-state index >= 15 is 0 Å². The molecule has 8 nitrogen and oxygen atoms in total. The first-order chi connectivity index (χ1) is 13.4. The molecular formula is C20H17N3O5. The van der Waals surface area contributed by atoms with E-state index in [4.69, 9.17) is 0 Å². The Labute approximate surface area is 160 Å². The van der Waals surface area contributed by atoms with Gasteiger partial charge in [-0.15, -0.1) is 0 Å². The minimum atomic E-state index is -1.28. The highest BCUT2D eigenvalue weighted by Gasteiger charge is 2.40. The first-order valence-corrected chi connectivity index (χ1v) is 8.38. The number of hydrogen-bond acceptors (Lipinski definition) is 6. The van der Waals surface area contributed by atoms with E-state index in [1.165, 1.54) is 13.2 Å². The Kier molecular flexibility index (Phi) is 5.30.